The molecule has 0 aliphatic carbocycles. The Morgan fingerprint density at radius 2 is 1.69 bits per heavy atom. The van der Waals surface area contributed by atoms with Gasteiger partial charge < -0.3 is 24.8 Å². The van der Waals surface area contributed by atoms with Gasteiger partial charge in [-0.25, -0.2) is 0 Å². The summed E-state index contributed by atoms with van der Waals surface area (Å²) in [5, 5.41) is 14.4. The molecule has 0 saturated carbocycles. The van der Waals surface area contributed by atoms with E-state index in [1.807, 2.05) is 12.1 Å². The molecule has 0 bridgehead atoms. The SMILES string of the molecule is COc1ccc(NC(=O)c2nnc(CCC(=O)NCc3ccc(OC)c(OC)c3)s2)cc1. The van der Waals surface area contributed by atoms with Crippen molar-refractivity contribution in [1.82, 2.24) is 15.5 Å². The highest BCUT2D eigenvalue weighted by molar-refractivity contribution is 7.13. The molecular formula is C22H24N4O5S. The molecule has 0 fully saturated rings. The van der Waals surface area contributed by atoms with Crippen LogP contribution in [-0.2, 0) is 17.8 Å². The molecule has 3 rings (SSSR count). The van der Waals surface area contributed by atoms with Gasteiger partial charge in [-0.05, 0) is 42.0 Å². The zero-order valence-corrected chi connectivity index (χ0v) is 18.8. The number of nitrogens with one attached hydrogen (secondary N) is 2. The van der Waals surface area contributed by atoms with E-state index in [1.54, 1.807) is 51.7 Å². The van der Waals surface area contributed by atoms with Crippen LogP contribution in [0.4, 0.5) is 5.69 Å². The second kappa shape index (κ2) is 11.1. The largest absolute Gasteiger partial charge is 0.497 e. The molecule has 0 atom stereocenters. The Bertz CT molecular complexity index is 1070. The van der Waals surface area contributed by atoms with Crippen LogP contribution in [0.2, 0.25) is 0 Å². The van der Waals surface area contributed by atoms with E-state index in [1.165, 1.54) is 0 Å². The third-order valence-electron chi connectivity index (χ3n) is 4.51. The van der Waals surface area contributed by atoms with Gasteiger partial charge in [0.25, 0.3) is 5.91 Å². The van der Waals surface area contributed by atoms with E-state index in [9.17, 15) is 9.59 Å². The maximum atomic E-state index is 12.3. The molecule has 9 nitrogen and oxygen atoms in total. The van der Waals surface area contributed by atoms with Crippen molar-refractivity contribution in [1.29, 1.82) is 0 Å². The van der Waals surface area contributed by atoms with Gasteiger partial charge in [-0.15, -0.1) is 10.2 Å². The molecule has 2 amide bonds. The molecular weight excluding hydrogens is 432 g/mol. The highest BCUT2D eigenvalue weighted by Crippen LogP contribution is 2.27. The number of rotatable bonds is 10. The van der Waals surface area contributed by atoms with Crippen LogP contribution in [0.25, 0.3) is 0 Å². The van der Waals surface area contributed by atoms with Crippen LogP contribution in [0.1, 0.15) is 26.8 Å². The fourth-order valence-corrected chi connectivity index (χ4v) is 3.54. The number of amides is 2. The molecule has 0 saturated heterocycles. The number of anilines is 1. The average Bonchev–Trinajstić information content (AvgIpc) is 3.31. The van der Waals surface area contributed by atoms with Crippen LogP contribution >= 0.6 is 11.3 Å². The van der Waals surface area contributed by atoms with E-state index in [4.69, 9.17) is 14.2 Å². The predicted octanol–water partition coefficient (Wildman–Crippen LogP) is 3.07. The fraction of sp³-hybridized carbons (Fsp3) is 0.273. The number of carbonyl (C=O) groups excluding carboxylic acids is 2. The lowest BCUT2D eigenvalue weighted by atomic mass is 10.2. The Kier molecular flexibility index (Phi) is 7.98. The zero-order valence-electron chi connectivity index (χ0n) is 18.0. The van der Waals surface area contributed by atoms with Gasteiger partial charge in [-0.3, -0.25) is 9.59 Å². The molecule has 1 heterocycles. The highest BCUT2D eigenvalue weighted by Gasteiger charge is 2.14. The minimum Gasteiger partial charge on any atom is -0.497 e. The second-order valence-corrected chi connectivity index (χ2v) is 7.71. The standard InChI is InChI=1S/C22H24N4O5S/c1-29-16-7-5-15(6-8-16)24-21(28)22-26-25-20(32-22)11-10-19(27)23-13-14-4-9-17(30-2)18(12-14)31-3/h4-9,12H,10-11,13H2,1-3H3,(H,23,27)(H,24,28). The van der Waals surface area contributed by atoms with Crippen LogP contribution < -0.4 is 24.8 Å². The molecule has 32 heavy (non-hydrogen) atoms. The number of ether oxygens (including phenoxy) is 3. The highest BCUT2D eigenvalue weighted by atomic mass is 32.1. The zero-order chi connectivity index (χ0) is 22.9. The number of nitrogens with zero attached hydrogens (tertiary/aromatic N) is 2. The molecule has 2 N–H and O–H groups in total. The van der Waals surface area contributed by atoms with Crippen LogP contribution in [0.5, 0.6) is 17.2 Å². The molecule has 10 heteroatoms. The van der Waals surface area contributed by atoms with Gasteiger partial charge in [-0.2, -0.15) is 0 Å². The monoisotopic (exact) mass is 456 g/mol. The normalized spacial score (nSPS) is 10.3. The first-order valence-electron chi connectivity index (χ1n) is 9.77. The van der Waals surface area contributed by atoms with Crippen molar-refractivity contribution in [3.05, 3.63) is 58.0 Å². The van der Waals surface area contributed by atoms with Gasteiger partial charge >= 0.3 is 0 Å². The van der Waals surface area contributed by atoms with E-state index in [0.717, 1.165) is 16.9 Å². The summed E-state index contributed by atoms with van der Waals surface area (Å²) in [6.45, 7) is 0.366. The maximum absolute atomic E-state index is 12.3. The summed E-state index contributed by atoms with van der Waals surface area (Å²) >= 11 is 1.16. The molecule has 168 valence electrons. The van der Waals surface area contributed by atoms with Crippen molar-refractivity contribution in [2.45, 2.75) is 19.4 Å². The van der Waals surface area contributed by atoms with Crippen molar-refractivity contribution in [2.75, 3.05) is 26.6 Å². The van der Waals surface area contributed by atoms with Gasteiger partial charge in [0, 0.05) is 25.1 Å². The molecule has 0 aliphatic rings. The van der Waals surface area contributed by atoms with Crippen molar-refractivity contribution >= 4 is 28.8 Å². The van der Waals surface area contributed by atoms with E-state index in [2.05, 4.69) is 20.8 Å². The van der Waals surface area contributed by atoms with E-state index in [-0.39, 0.29) is 23.2 Å². The van der Waals surface area contributed by atoms with Gasteiger partial charge in [0.2, 0.25) is 10.9 Å². The molecule has 0 spiro atoms. The summed E-state index contributed by atoms with van der Waals surface area (Å²) in [4.78, 5) is 24.5. The average molecular weight is 457 g/mol. The van der Waals surface area contributed by atoms with Crippen molar-refractivity contribution < 1.29 is 23.8 Å². The number of benzene rings is 2. The topological polar surface area (TPSA) is 112 Å². The molecule has 1 aromatic heterocycles. The third-order valence-corrected chi connectivity index (χ3v) is 5.49. The molecule has 0 radical (unpaired) electrons. The van der Waals surface area contributed by atoms with Gasteiger partial charge in [-0.1, -0.05) is 17.4 Å². The van der Waals surface area contributed by atoms with E-state index < -0.39 is 0 Å². The summed E-state index contributed by atoms with van der Waals surface area (Å²) in [5.41, 5.74) is 1.52. The van der Waals surface area contributed by atoms with Crippen LogP contribution in [0.15, 0.2) is 42.5 Å². The summed E-state index contributed by atoms with van der Waals surface area (Å²) in [6, 6.07) is 12.4. The lowest BCUT2D eigenvalue weighted by molar-refractivity contribution is -0.121. The predicted molar refractivity (Wildman–Crippen MR) is 121 cm³/mol. The molecule has 2 aromatic carbocycles. The fourth-order valence-electron chi connectivity index (χ4n) is 2.81. The Labute approximate surface area is 189 Å². The van der Waals surface area contributed by atoms with Crippen LogP contribution in [0, 0.1) is 0 Å². The van der Waals surface area contributed by atoms with Crippen LogP contribution in [0.3, 0.4) is 0 Å². The maximum Gasteiger partial charge on any atom is 0.286 e. The van der Waals surface area contributed by atoms with E-state index in [0.29, 0.717) is 40.9 Å². The Hall–Kier alpha value is -3.66. The number of methoxy groups -OCH3 is 3. The number of hydrogen-bond acceptors (Lipinski definition) is 8. The van der Waals surface area contributed by atoms with Crippen molar-refractivity contribution in [3.8, 4) is 17.2 Å². The number of aryl methyl sites for hydroxylation is 1. The minimum absolute atomic E-state index is 0.126. The minimum atomic E-state index is -0.350. The lowest BCUT2D eigenvalue weighted by Crippen LogP contribution is -2.23. The molecule has 0 unspecified atom stereocenters. The number of hydrogen-bond donors (Lipinski definition) is 2. The van der Waals surface area contributed by atoms with Gasteiger partial charge in [0.1, 0.15) is 10.8 Å². The second-order valence-electron chi connectivity index (χ2n) is 6.65. The van der Waals surface area contributed by atoms with Gasteiger partial charge in [0.15, 0.2) is 11.5 Å². The summed E-state index contributed by atoms with van der Waals surface area (Å²) < 4.78 is 15.6. The first-order chi connectivity index (χ1) is 15.5. The van der Waals surface area contributed by atoms with Gasteiger partial charge in [0.05, 0.1) is 21.3 Å². The quantitative estimate of drug-likeness (QED) is 0.482. The van der Waals surface area contributed by atoms with Crippen molar-refractivity contribution in [2.24, 2.45) is 0 Å². The summed E-state index contributed by atoms with van der Waals surface area (Å²) in [7, 11) is 4.71. The van der Waals surface area contributed by atoms with E-state index >= 15 is 0 Å². The first-order valence-corrected chi connectivity index (χ1v) is 10.6. The number of carbonyl (C=O) groups is 2. The summed E-state index contributed by atoms with van der Waals surface area (Å²) in [5.74, 6) is 1.46. The smallest absolute Gasteiger partial charge is 0.286 e. The van der Waals surface area contributed by atoms with Crippen molar-refractivity contribution in [3.63, 3.8) is 0 Å². The molecule has 0 aliphatic heterocycles. The Balaban J connectivity index is 1.46. The lowest BCUT2D eigenvalue weighted by Gasteiger charge is -2.10. The Morgan fingerprint density at radius 3 is 2.38 bits per heavy atom. The summed E-state index contributed by atoms with van der Waals surface area (Å²) in [6.07, 6.45) is 0.632. The number of aromatic nitrogens is 2. The Morgan fingerprint density at radius 1 is 0.938 bits per heavy atom. The first kappa shape index (κ1) is 23.0. The molecule has 3 aromatic rings. The van der Waals surface area contributed by atoms with Crippen LogP contribution in [-0.4, -0.2) is 43.3 Å². The third kappa shape index (κ3) is 6.17.